The van der Waals surface area contributed by atoms with Gasteiger partial charge in [-0.15, -0.1) is 0 Å². The highest BCUT2D eigenvalue weighted by Gasteiger charge is 2.25. The number of rotatable bonds is 1. The second kappa shape index (κ2) is 4.10. The molecule has 2 N–H and O–H groups in total. The summed E-state index contributed by atoms with van der Waals surface area (Å²) >= 11 is 1.42. The standard InChI is InChI=1S/C11H15N3O2S/c1-11(2,3)16-9(15)6-4-5-7-8(13-6)14-10(12)17-7/h4-5H2,1-3H3,(H2,12,14). The van der Waals surface area contributed by atoms with Gasteiger partial charge in [-0.05, 0) is 27.2 Å². The van der Waals surface area contributed by atoms with Crippen molar-refractivity contribution in [2.45, 2.75) is 39.2 Å². The van der Waals surface area contributed by atoms with Crippen molar-refractivity contribution in [3.63, 3.8) is 0 Å². The average Bonchev–Trinajstić information content (AvgIpc) is 2.53. The predicted octanol–water partition coefficient (Wildman–Crippen LogP) is 2.09. The van der Waals surface area contributed by atoms with Gasteiger partial charge in [0.05, 0.1) is 4.88 Å². The zero-order chi connectivity index (χ0) is 12.6. The molecule has 1 aliphatic heterocycles. The first-order valence-corrected chi connectivity index (χ1v) is 6.23. The quantitative estimate of drug-likeness (QED) is 0.777. The maximum absolute atomic E-state index is 11.8. The van der Waals surface area contributed by atoms with E-state index in [1.165, 1.54) is 11.3 Å². The monoisotopic (exact) mass is 253 g/mol. The number of nitrogen functional groups attached to an aromatic ring is 1. The zero-order valence-corrected chi connectivity index (χ0v) is 10.9. The first-order chi connectivity index (χ1) is 7.85. The largest absolute Gasteiger partial charge is 0.455 e. The van der Waals surface area contributed by atoms with Crippen molar-refractivity contribution < 1.29 is 9.53 Å². The molecule has 0 radical (unpaired) electrons. The van der Waals surface area contributed by atoms with Crippen LogP contribution in [-0.4, -0.2) is 22.3 Å². The van der Waals surface area contributed by atoms with Crippen molar-refractivity contribution in [3.05, 3.63) is 4.88 Å². The minimum absolute atomic E-state index is 0.366. The molecule has 2 rings (SSSR count). The molecule has 0 amide bonds. The van der Waals surface area contributed by atoms with Crippen LogP contribution in [0, 0.1) is 0 Å². The molecule has 92 valence electrons. The number of fused-ring (bicyclic) bond motifs is 1. The Kier molecular flexibility index (Phi) is 2.91. The van der Waals surface area contributed by atoms with Crippen LogP contribution in [-0.2, 0) is 16.0 Å². The van der Waals surface area contributed by atoms with E-state index in [1.54, 1.807) is 0 Å². The molecule has 0 spiro atoms. The fourth-order valence-corrected chi connectivity index (χ4v) is 2.28. The highest BCUT2D eigenvalue weighted by molar-refractivity contribution is 7.15. The maximum atomic E-state index is 11.8. The normalized spacial score (nSPS) is 15.1. The number of ether oxygens (including phenoxy) is 1. The van der Waals surface area contributed by atoms with Crippen LogP contribution < -0.4 is 5.73 Å². The summed E-state index contributed by atoms with van der Waals surface area (Å²) in [6.07, 6.45) is 1.34. The van der Waals surface area contributed by atoms with Crippen molar-refractivity contribution >= 4 is 34.0 Å². The molecule has 0 aliphatic carbocycles. The molecule has 0 saturated carbocycles. The molecule has 5 nitrogen and oxygen atoms in total. The van der Waals surface area contributed by atoms with Crippen molar-refractivity contribution in [2.24, 2.45) is 4.99 Å². The lowest BCUT2D eigenvalue weighted by Gasteiger charge is -2.20. The van der Waals surface area contributed by atoms with E-state index >= 15 is 0 Å². The Bertz CT molecular complexity index is 485. The summed E-state index contributed by atoms with van der Waals surface area (Å²) in [5.41, 5.74) is 5.53. The molecular weight excluding hydrogens is 238 g/mol. The molecule has 1 aromatic heterocycles. The van der Waals surface area contributed by atoms with E-state index in [4.69, 9.17) is 10.5 Å². The number of aryl methyl sites for hydroxylation is 1. The molecule has 17 heavy (non-hydrogen) atoms. The number of nitrogens with zero attached hydrogens (tertiary/aromatic N) is 2. The molecule has 6 heteroatoms. The maximum Gasteiger partial charge on any atom is 0.353 e. The van der Waals surface area contributed by atoms with E-state index in [2.05, 4.69) is 9.98 Å². The van der Waals surface area contributed by atoms with Gasteiger partial charge in [0.15, 0.2) is 10.9 Å². The van der Waals surface area contributed by atoms with Gasteiger partial charge in [-0.2, -0.15) is 0 Å². The van der Waals surface area contributed by atoms with Gasteiger partial charge >= 0.3 is 5.97 Å². The minimum atomic E-state index is -0.499. The first-order valence-electron chi connectivity index (χ1n) is 5.41. The van der Waals surface area contributed by atoms with Crippen LogP contribution in [0.1, 0.15) is 32.1 Å². The van der Waals surface area contributed by atoms with E-state index in [1.807, 2.05) is 20.8 Å². The van der Waals surface area contributed by atoms with E-state index in [-0.39, 0.29) is 5.97 Å². The lowest BCUT2D eigenvalue weighted by molar-refractivity contribution is -0.146. The Morgan fingerprint density at radius 1 is 1.41 bits per heavy atom. The van der Waals surface area contributed by atoms with E-state index in [0.29, 0.717) is 23.1 Å². The van der Waals surface area contributed by atoms with Crippen molar-refractivity contribution in [3.8, 4) is 0 Å². The van der Waals surface area contributed by atoms with Gasteiger partial charge in [0.1, 0.15) is 11.3 Å². The van der Waals surface area contributed by atoms with Crippen LogP contribution in [0.15, 0.2) is 4.99 Å². The van der Waals surface area contributed by atoms with Gasteiger partial charge in [-0.1, -0.05) is 11.3 Å². The Morgan fingerprint density at radius 3 is 2.76 bits per heavy atom. The lowest BCUT2D eigenvalue weighted by Crippen LogP contribution is -2.29. The first kappa shape index (κ1) is 12.0. The number of aromatic nitrogens is 1. The fourth-order valence-electron chi connectivity index (χ4n) is 1.51. The van der Waals surface area contributed by atoms with Gasteiger partial charge in [-0.25, -0.2) is 14.8 Å². The third-order valence-electron chi connectivity index (χ3n) is 2.16. The summed E-state index contributed by atoms with van der Waals surface area (Å²) in [5.74, 6) is 0.203. The second-order valence-electron chi connectivity index (χ2n) is 4.86. The molecule has 0 unspecified atom stereocenters. The van der Waals surface area contributed by atoms with Gasteiger partial charge < -0.3 is 10.5 Å². The highest BCUT2D eigenvalue weighted by atomic mass is 32.1. The molecular formula is C11H15N3O2S. The SMILES string of the molecule is CC(C)(C)OC(=O)C1=Nc2nc(N)sc2CC1. The van der Waals surface area contributed by atoms with Crippen LogP contribution >= 0.6 is 11.3 Å². The molecule has 0 bridgehead atoms. The number of hydrogen-bond acceptors (Lipinski definition) is 6. The van der Waals surface area contributed by atoms with E-state index in [0.717, 1.165) is 11.3 Å². The predicted molar refractivity (Wildman–Crippen MR) is 67.8 cm³/mol. The Labute approximate surface area is 104 Å². The van der Waals surface area contributed by atoms with Gasteiger partial charge in [0.25, 0.3) is 0 Å². The molecule has 2 heterocycles. The number of carbonyl (C=O) groups is 1. The van der Waals surface area contributed by atoms with Gasteiger partial charge in [0.2, 0.25) is 0 Å². The number of carbonyl (C=O) groups excluding carboxylic acids is 1. The van der Waals surface area contributed by atoms with Crippen LogP contribution in [0.4, 0.5) is 10.9 Å². The summed E-state index contributed by atoms with van der Waals surface area (Å²) in [4.78, 5) is 21.2. The summed E-state index contributed by atoms with van der Waals surface area (Å²) in [7, 11) is 0. The average molecular weight is 253 g/mol. The number of hydrogen-bond donors (Lipinski definition) is 1. The fraction of sp³-hybridized carbons (Fsp3) is 0.545. The lowest BCUT2D eigenvalue weighted by atomic mass is 10.1. The minimum Gasteiger partial charge on any atom is -0.455 e. The molecule has 1 aromatic rings. The van der Waals surface area contributed by atoms with E-state index < -0.39 is 5.60 Å². The van der Waals surface area contributed by atoms with Crippen molar-refractivity contribution in [1.29, 1.82) is 0 Å². The molecule has 0 aromatic carbocycles. The Hall–Kier alpha value is -1.43. The van der Waals surface area contributed by atoms with Gasteiger partial charge in [0, 0.05) is 6.42 Å². The van der Waals surface area contributed by atoms with Gasteiger partial charge in [-0.3, -0.25) is 0 Å². The van der Waals surface area contributed by atoms with E-state index in [9.17, 15) is 4.79 Å². The summed E-state index contributed by atoms with van der Waals surface area (Å²) in [6, 6.07) is 0. The number of esters is 1. The smallest absolute Gasteiger partial charge is 0.353 e. The Balaban J connectivity index is 2.19. The van der Waals surface area contributed by atoms with Crippen molar-refractivity contribution in [2.75, 3.05) is 5.73 Å². The third-order valence-corrected chi connectivity index (χ3v) is 3.09. The summed E-state index contributed by atoms with van der Waals surface area (Å²) in [5, 5.41) is 0.490. The number of thiazole rings is 1. The summed E-state index contributed by atoms with van der Waals surface area (Å²) in [6.45, 7) is 5.50. The number of anilines is 1. The summed E-state index contributed by atoms with van der Waals surface area (Å²) < 4.78 is 5.27. The molecule has 0 atom stereocenters. The Morgan fingerprint density at radius 2 is 2.12 bits per heavy atom. The van der Waals surface area contributed by atoms with Crippen molar-refractivity contribution in [1.82, 2.24) is 4.98 Å². The molecule has 1 aliphatic rings. The molecule has 0 fully saturated rings. The number of aliphatic imine (C=N–C) groups is 1. The van der Waals surface area contributed by atoms with Crippen LogP contribution in [0.25, 0.3) is 0 Å². The highest BCUT2D eigenvalue weighted by Crippen LogP contribution is 2.32. The zero-order valence-electron chi connectivity index (χ0n) is 10.1. The molecule has 0 saturated heterocycles. The van der Waals surface area contributed by atoms with Crippen LogP contribution in [0.3, 0.4) is 0 Å². The van der Waals surface area contributed by atoms with Crippen LogP contribution in [0.5, 0.6) is 0 Å². The second-order valence-corrected chi connectivity index (χ2v) is 5.97. The topological polar surface area (TPSA) is 77.6 Å². The third kappa shape index (κ3) is 2.82. The van der Waals surface area contributed by atoms with Crippen LogP contribution in [0.2, 0.25) is 0 Å². The number of nitrogens with two attached hydrogens (primary N) is 1.